The van der Waals surface area contributed by atoms with Crippen LogP contribution in [0.2, 0.25) is 0 Å². The van der Waals surface area contributed by atoms with Crippen molar-refractivity contribution in [3.05, 3.63) is 24.3 Å². The molecule has 2 atom stereocenters. The minimum atomic E-state index is 0.0885. The largest absolute Gasteiger partial charge is 0.497 e. The van der Waals surface area contributed by atoms with Crippen LogP contribution >= 0.6 is 0 Å². The maximum atomic E-state index is 6.21. The first-order valence-electron chi connectivity index (χ1n) is 7.45. The molecule has 1 saturated carbocycles. The van der Waals surface area contributed by atoms with Gasteiger partial charge in [-0.2, -0.15) is 0 Å². The molecule has 1 aliphatic heterocycles. The molecule has 2 N–H and O–H groups in total. The summed E-state index contributed by atoms with van der Waals surface area (Å²) in [6.07, 6.45) is 4.90. The number of rotatable bonds is 3. The Bertz CT molecular complexity index is 528. The lowest BCUT2D eigenvalue weighted by Gasteiger charge is -2.40. The van der Waals surface area contributed by atoms with Crippen molar-refractivity contribution in [1.82, 2.24) is 0 Å². The highest BCUT2D eigenvalue weighted by Crippen LogP contribution is 2.46. The second kappa shape index (κ2) is 5.00. The van der Waals surface area contributed by atoms with E-state index in [9.17, 15) is 0 Å². The van der Waals surface area contributed by atoms with Crippen LogP contribution < -0.4 is 15.4 Å². The Labute approximate surface area is 120 Å². The van der Waals surface area contributed by atoms with Crippen LogP contribution in [0.1, 0.15) is 32.6 Å². The topological polar surface area (TPSA) is 50.8 Å². The molecule has 4 heteroatoms. The monoisotopic (exact) mass is 273 g/mol. The minimum Gasteiger partial charge on any atom is -0.497 e. The maximum absolute atomic E-state index is 6.21. The summed E-state index contributed by atoms with van der Waals surface area (Å²) >= 11 is 0. The normalized spacial score (nSPS) is 29.0. The average molecular weight is 273 g/mol. The van der Waals surface area contributed by atoms with Gasteiger partial charge in [-0.1, -0.05) is 25.8 Å². The summed E-state index contributed by atoms with van der Waals surface area (Å²) in [4.78, 5) is 6.82. The Morgan fingerprint density at radius 1 is 1.50 bits per heavy atom. The molecule has 0 radical (unpaired) electrons. The van der Waals surface area contributed by atoms with Crippen molar-refractivity contribution in [2.45, 2.75) is 38.1 Å². The molecule has 0 bridgehead atoms. The molecule has 0 saturated heterocycles. The first-order valence-corrected chi connectivity index (χ1v) is 7.45. The Balaban J connectivity index is 2.02. The van der Waals surface area contributed by atoms with E-state index in [1.807, 2.05) is 12.1 Å². The number of benzene rings is 1. The molecular formula is C16H23N3O. The van der Waals surface area contributed by atoms with E-state index < -0.39 is 0 Å². The second-order valence-electron chi connectivity index (χ2n) is 5.81. The zero-order valence-corrected chi connectivity index (χ0v) is 12.3. The third kappa shape index (κ3) is 1.86. The van der Waals surface area contributed by atoms with Crippen LogP contribution in [-0.2, 0) is 0 Å². The number of nitrogens with two attached hydrogens (primary N) is 1. The summed E-state index contributed by atoms with van der Waals surface area (Å²) in [5.41, 5.74) is 7.40. The van der Waals surface area contributed by atoms with Gasteiger partial charge in [0.25, 0.3) is 0 Å². The third-order valence-corrected chi connectivity index (χ3v) is 4.92. The number of anilines is 1. The fraction of sp³-hybridized carbons (Fsp3) is 0.562. The number of hydrogen-bond acceptors (Lipinski definition) is 4. The molecule has 1 fully saturated rings. The first-order chi connectivity index (χ1) is 9.71. The SMILES string of the molecule is CCC1CCCC12CN=C(N)N2c1cccc(OC)c1. The highest BCUT2D eigenvalue weighted by molar-refractivity contribution is 5.98. The number of methoxy groups -OCH3 is 1. The van der Waals surface area contributed by atoms with E-state index in [2.05, 4.69) is 28.9 Å². The predicted molar refractivity (Wildman–Crippen MR) is 82.3 cm³/mol. The van der Waals surface area contributed by atoms with Gasteiger partial charge < -0.3 is 15.4 Å². The molecule has 1 aromatic rings. The van der Waals surface area contributed by atoms with Gasteiger partial charge in [0.15, 0.2) is 5.96 Å². The van der Waals surface area contributed by atoms with Crippen LogP contribution in [0.3, 0.4) is 0 Å². The fourth-order valence-corrected chi connectivity index (χ4v) is 3.94. The molecule has 1 aromatic carbocycles. The fourth-order valence-electron chi connectivity index (χ4n) is 3.94. The lowest BCUT2D eigenvalue weighted by Crippen LogP contribution is -2.54. The van der Waals surface area contributed by atoms with Gasteiger partial charge in [-0.3, -0.25) is 4.99 Å². The lowest BCUT2D eigenvalue weighted by molar-refractivity contribution is 0.331. The van der Waals surface area contributed by atoms with Crippen molar-refractivity contribution in [2.75, 3.05) is 18.6 Å². The van der Waals surface area contributed by atoms with Gasteiger partial charge in [0.2, 0.25) is 0 Å². The smallest absolute Gasteiger partial charge is 0.196 e. The first kappa shape index (κ1) is 13.3. The quantitative estimate of drug-likeness (QED) is 0.921. The van der Waals surface area contributed by atoms with E-state index in [1.165, 1.54) is 25.7 Å². The van der Waals surface area contributed by atoms with Crippen molar-refractivity contribution in [1.29, 1.82) is 0 Å². The summed E-state index contributed by atoms with van der Waals surface area (Å²) < 4.78 is 5.35. The van der Waals surface area contributed by atoms with Crippen LogP contribution in [0.4, 0.5) is 5.69 Å². The van der Waals surface area contributed by atoms with Gasteiger partial charge in [0, 0.05) is 11.8 Å². The summed E-state index contributed by atoms with van der Waals surface area (Å²) in [6.45, 7) is 3.10. The second-order valence-corrected chi connectivity index (χ2v) is 5.81. The Morgan fingerprint density at radius 2 is 2.35 bits per heavy atom. The predicted octanol–water partition coefficient (Wildman–Crippen LogP) is 2.78. The standard InChI is InChI=1S/C16H23N3O/c1-3-12-6-5-9-16(12)11-18-15(17)19(16)13-7-4-8-14(10-13)20-2/h4,7-8,10,12H,3,5-6,9,11H2,1-2H3,(H2,17,18). The van der Waals surface area contributed by atoms with Crippen molar-refractivity contribution in [2.24, 2.45) is 16.6 Å². The molecule has 108 valence electrons. The van der Waals surface area contributed by atoms with Crippen molar-refractivity contribution >= 4 is 11.6 Å². The molecular weight excluding hydrogens is 250 g/mol. The van der Waals surface area contributed by atoms with Crippen LogP contribution in [-0.4, -0.2) is 25.2 Å². The van der Waals surface area contributed by atoms with Gasteiger partial charge in [-0.05, 0) is 30.9 Å². The van der Waals surface area contributed by atoms with Crippen LogP contribution in [0.15, 0.2) is 29.3 Å². The van der Waals surface area contributed by atoms with E-state index in [-0.39, 0.29) is 5.54 Å². The Kier molecular flexibility index (Phi) is 3.32. The van der Waals surface area contributed by atoms with Gasteiger partial charge in [-0.25, -0.2) is 0 Å². The summed E-state index contributed by atoms with van der Waals surface area (Å²) in [7, 11) is 1.70. The van der Waals surface area contributed by atoms with E-state index in [0.29, 0.717) is 11.9 Å². The molecule has 1 aliphatic carbocycles. The van der Waals surface area contributed by atoms with Crippen LogP contribution in [0.25, 0.3) is 0 Å². The van der Waals surface area contributed by atoms with Gasteiger partial charge in [0.1, 0.15) is 5.75 Å². The molecule has 20 heavy (non-hydrogen) atoms. The molecule has 1 spiro atoms. The van der Waals surface area contributed by atoms with Gasteiger partial charge in [-0.15, -0.1) is 0 Å². The van der Waals surface area contributed by atoms with E-state index in [4.69, 9.17) is 10.5 Å². The summed E-state index contributed by atoms with van der Waals surface area (Å²) in [5, 5.41) is 0. The van der Waals surface area contributed by atoms with Crippen LogP contribution in [0, 0.1) is 5.92 Å². The number of ether oxygens (including phenoxy) is 1. The van der Waals surface area contributed by atoms with Gasteiger partial charge >= 0.3 is 0 Å². The zero-order valence-electron chi connectivity index (χ0n) is 12.3. The van der Waals surface area contributed by atoms with Crippen molar-refractivity contribution in [3.63, 3.8) is 0 Å². The number of guanidine groups is 1. The highest BCUT2D eigenvalue weighted by Gasteiger charge is 2.50. The molecule has 0 amide bonds. The van der Waals surface area contributed by atoms with Crippen molar-refractivity contribution < 1.29 is 4.74 Å². The summed E-state index contributed by atoms with van der Waals surface area (Å²) in [5.74, 6) is 2.18. The minimum absolute atomic E-state index is 0.0885. The number of hydrogen-bond donors (Lipinski definition) is 1. The van der Waals surface area contributed by atoms with Gasteiger partial charge in [0.05, 0.1) is 19.2 Å². The zero-order chi connectivity index (χ0) is 14.2. The molecule has 3 rings (SSSR count). The van der Waals surface area contributed by atoms with E-state index in [0.717, 1.165) is 18.0 Å². The molecule has 0 aromatic heterocycles. The van der Waals surface area contributed by atoms with Crippen molar-refractivity contribution in [3.8, 4) is 5.75 Å². The molecule has 2 aliphatic rings. The summed E-state index contributed by atoms with van der Waals surface area (Å²) in [6, 6.07) is 8.14. The highest BCUT2D eigenvalue weighted by atomic mass is 16.5. The average Bonchev–Trinajstić information content (AvgIpc) is 3.03. The Morgan fingerprint density at radius 3 is 3.10 bits per heavy atom. The number of aliphatic imine (C=N–C) groups is 1. The maximum Gasteiger partial charge on any atom is 0.196 e. The van der Waals surface area contributed by atoms with E-state index >= 15 is 0 Å². The molecule has 4 nitrogen and oxygen atoms in total. The molecule has 1 heterocycles. The van der Waals surface area contributed by atoms with Crippen LogP contribution in [0.5, 0.6) is 5.75 Å². The third-order valence-electron chi connectivity index (χ3n) is 4.92. The van der Waals surface area contributed by atoms with E-state index in [1.54, 1.807) is 7.11 Å². The number of nitrogens with zero attached hydrogens (tertiary/aromatic N) is 2. The lowest BCUT2D eigenvalue weighted by atomic mass is 9.84. The molecule has 2 unspecified atom stereocenters. The Hall–Kier alpha value is -1.71.